The Hall–Kier alpha value is -3.32. The highest BCUT2D eigenvalue weighted by Gasteiger charge is 2.32. The zero-order valence-electron chi connectivity index (χ0n) is 21.4. The lowest BCUT2D eigenvalue weighted by atomic mass is 9.91. The summed E-state index contributed by atoms with van der Waals surface area (Å²) in [4.78, 5) is 18.9. The molecular formula is C29H36N6O. The van der Waals surface area contributed by atoms with Crippen LogP contribution in [0.15, 0.2) is 59.4 Å². The lowest BCUT2D eigenvalue weighted by Crippen LogP contribution is -2.41. The van der Waals surface area contributed by atoms with E-state index in [4.69, 9.17) is 0 Å². The topological polar surface area (TPSA) is 79.7 Å². The lowest BCUT2D eigenvalue weighted by molar-refractivity contribution is 0.0812. The second-order valence-corrected chi connectivity index (χ2v) is 10.2. The van der Waals surface area contributed by atoms with Crippen molar-refractivity contribution in [3.63, 3.8) is 0 Å². The van der Waals surface area contributed by atoms with Crippen LogP contribution in [0.3, 0.4) is 0 Å². The van der Waals surface area contributed by atoms with Gasteiger partial charge < -0.3 is 4.98 Å². The molecule has 1 unspecified atom stereocenters. The van der Waals surface area contributed by atoms with Crippen molar-refractivity contribution in [2.24, 2.45) is 0 Å². The van der Waals surface area contributed by atoms with Crippen LogP contribution >= 0.6 is 0 Å². The molecule has 2 aromatic heterocycles. The molecule has 0 aliphatic heterocycles. The van der Waals surface area contributed by atoms with Gasteiger partial charge in [-0.15, -0.1) is 5.10 Å². The molecule has 1 aliphatic rings. The van der Waals surface area contributed by atoms with E-state index in [1.165, 1.54) is 24.8 Å². The Balaban J connectivity index is 1.52. The first-order chi connectivity index (χ1) is 17.6. The molecule has 188 valence electrons. The molecule has 36 heavy (non-hydrogen) atoms. The van der Waals surface area contributed by atoms with Gasteiger partial charge in [0.1, 0.15) is 0 Å². The van der Waals surface area contributed by atoms with Gasteiger partial charge in [0.2, 0.25) is 0 Å². The van der Waals surface area contributed by atoms with Crippen molar-refractivity contribution in [3.8, 4) is 0 Å². The number of aromatic nitrogens is 5. The predicted molar refractivity (Wildman–Crippen MR) is 143 cm³/mol. The van der Waals surface area contributed by atoms with E-state index in [1.807, 2.05) is 35.9 Å². The fraction of sp³-hybridized carbons (Fsp3) is 0.448. The quantitative estimate of drug-likeness (QED) is 0.337. The molecule has 1 saturated carbocycles. The average Bonchev–Trinajstić information content (AvgIpc) is 3.35. The van der Waals surface area contributed by atoms with Crippen LogP contribution in [0, 0.1) is 6.92 Å². The number of pyridine rings is 1. The highest BCUT2D eigenvalue weighted by atomic mass is 16.1. The maximum absolute atomic E-state index is 13.2. The molecule has 1 N–H and O–H groups in total. The summed E-state index contributed by atoms with van der Waals surface area (Å²) < 4.78 is 1.94. The number of aryl methyl sites for hydroxylation is 1. The molecule has 1 aliphatic carbocycles. The third kappa shape index (κ3) is 5.41. The molecule has 7 heteroatoms. The van der Waals surface area contributed by atoms with Crippen molar-refractivity contribution in [2.75, 3.05) is 0 Å². The Kier molecular flexibility index (Phi) is 7.56. The molecule has 0 radical (unpaired) electrons. The third-order valence-electron chi connectivity index (χ3n) is 7.47. The van der Waals surface area contributed by atoms with Gasteiger partial charge in [-0.25, -0.2) is 4.68 Å². The second-order valence-electron chi connectivity index (χ2n) is 10.2. The number of benzene rings is 2. The van der Waals surface area contributed by atoms with Crippen LogP contribution in [0.1, 0.15) is 80.4 Å². The molecule has 4 aromatic rings. The number of nitrogens with zero attached hydrogens (tertiary/aromatic N) is 5. The summed E-state index contributed by atoms with van der Waals surface area (Å²) in [6.07, 6.45) is 7.97. The highest BCUT2D eigenvalue weighted by Crippen LogP contribution is 2.34. The molecule has 0 bridgehead atoms. The number of aromatic amines is 1. The number of hydrogen-bond acceptors (Lipinski definition) is 5. The third-order valence-corrected chi connectivity index (χ3v) is 7.47. The van der Waals surface area contributed by atoms with Gasteiger partial charge in [0.25, 0.3) is 5.56 Å². The fourth-order valence-electron chi connectivity index (χ4n) is 5.62. The lowest BCUT2D eigenvalue weighted by Gasteiger charge is -2.39. The first kappa shape index (κ1) is 24.4. The van der Waals surface area contributed by atoms with Gasteiger partial charge >= 0.3 is 0 Å². The van der Waals surface area contributed by atoms with Crippen molar-refractivity contribution < 1.29 is 0 Å². The maximum atomic E-state index is 13.2. The van der Waals surface area contributed by atoms with Gasteiger partial charge in [-0.1, -0.05) is 75.1 Å². The fourth-order valence-corrected chi connectivity index (χ4v) is 5.62. The van der Waals surface area contributed by atoms with Crippen molar-refractivity contribution >= 4 is 10.9 Å². The second kappa shape index (κ2) is 11.2. The number of tetrazole rings is 1. The van der Waals surface area contributed by atoms with Crippen LogP contribution in [0.4, 0.5) is 0 Å². The zero-order valence-corrected chi connectivity index (χ0v) is 21.4. The van der Waals surface area contributed by atoms with Crippen LogP contribution < -0.4 is 5.56 Å². The van der Waals surface area contributed by atoms with E-state index in [1.54, 1.807) is 0 Å². The zero-order chi connectivity index (χ0) is 24.9. The van der Waals surface area contributed by atoms with Crippen LogP contribution in [0.25, 0.3) is 10.9 Å². The number of fused-ring (bicyclic) bond motifs is 1. The molecule has 2 heterocycles. The van der Waals surface area contributed by atoms with Crippen molar-refractivity contribution in [3.05, 3.63) is 87.5 Å². The molecule has 0 spiro atoms. The molecule has 2 aromatic carbocycles. The normalized spacial score (nSPS) is 15.5. The minimum atomic E-state index is -0.00645. The van der Waals surface area contributed by atoms with E-state index in [0.717, 1.165) is 53.5 Å². The van der Waals surface area contributed by atoms with Crippen molar-refractivity contribution in [1.82, 2.24) is 30.1 Å². The summed E-state index contributed by atoms with van der Waals surface area (Å²) in [5.41, 5.74) is 4.01. The molecule has 0 saturated heterocycles. The van der Waals surface area contributed by atoms with E-state index < -0.39 is 0 Å². The average molecular weight is 485 g/mol. The van der Waals surface area contributed by atoms with Crippen LogP contribution in [0.2, 0.25) is 0 Å². The highest BCUT2D eigenvalue weighted by molar-refractivity contribution is 5.79. The Morgan fingerprint density at radius 3 is 2.67 bits per heavy atom. The van der Waals surface area contributed by atoms with Gasteiger partial charge in [0, 0.05) is 23.7 Å². The largest absolute Gasteiger partial charge is 0.322 e. The van der Waals surface area contributed by atoms with Gasteiger partial charge in [-0.3, -0.25) is 9.69 Å². The van der Waals surface area contributed by atoms with Gasteiger partial charge in [-0.2, -0.15) is 0 Å². The summed E-state index contributed by atoms with van der Waals surface area (Å²) >= 11 is 0. The molecule has 1 atom stereocenters. The minimum absolute atomic E-state index is 0.00645. The molecule has 5 rings (SSSR count). The minimum Gasteiger partial charge on any atom is -0.322 e. The predicted octanol–water partition coefficient (Wildman–Crippen LogP) is 5.55. The summed E-state index contributed by atoms with van der Waals surface area (Å²) in [6, 6.07) is 19.1. The standard InChI is InChI=1S/C29H36N6O/c1-3-10-27(28-31-32-33-35(28)19-22-11-6-4-7-12-22)34(25-13-8-5-9-14-25)20-24-18-23-16-15-21(2)17-26(23)30-29(24)36/h4,6-7,11-12,15-18,25,27H,3,5,8-10,13-14,19-20H2,1-2H3,(H,30,36). The van der Waals surface area contributed by atoms with Gasteiger partial charge in [0.05, 0.1) is 12.6 Å². The van der Waals surface area contributed by atoms with E-state index in [-0.39, 0.29) is 11.6 Å². The number of rotatable bonds is 9. The molecule has 0 amide bonds. The Morgan fingerprint density at radius 2 is 1.89 bits per heavy atom. The van der Waals surface area contributed by atoms with E-state index in [9.17, 15) is 4.79 Å². The summed E-state index contributed by atoms with van der Waals surface area (Å²) in [6.45, 7) is 5.48. The van der Waals surface area contributed by atoms with Crippen LogP contribution in [0.5, 0.6) is 0 Å². The van der Waals surface area contributed by atoms with Crippen LogP contribution in [-0.2, 0) is 13.1 Å². The smallest absolute Gasteiger partial charge is 0.252 e. The number of H-pyrrole nitrogens is 1. The summed E-state index contributed by atoms with van der Waals surface area (Å²) in [7, 11) is 0. The van der Waals surface area contributed by atoms with E-state index in [0.29, 0.717) is 19.1 Å². The Bertz CT molecular complexity index is 1340. The monoisotopic (exact) mass is 484 g/mol. The first-order valence-electron chi connectivity index (χ1n) is 13.3. The molecule has 7 nitrogen and oxygen atoms in total. The van der Waals surface area contributed by atoms with Gasteiger partial charge in [0.15, 0.2) is 5.82 Å². The van der Waals surface area contributed by atoms with E-state index in [2.05, 4.69) is 62.7 Å². The summed E-state index contributed by atoms with van der Waals surface area (Å²) in [5, 5.41) is 14.1. The van der Waals surface area contributed by atoms with Crippen molar-refractivity contribution in [2.45, 2.75) is 84.0 Å². The molecular weight excluding hydrogens is 448 g/mol. The summed E-state index contributed by atoms with van der Waals surface area (Å²) in [5.74, 6) is 0.888. The Labute approximate surface area is 212 Å². The number of nitrogens with one attached hydrogen (secondary N) is 1. The molecule has 1 fully saturated rings. The van der Waals surface area contributed by atoms with Crippen LogP contribution in [-0.4, -0.2) is 36.1 Å². The van der Waals surface area contributed by atoms with Crippen molar-refractivity contribution in [1.29, 1.82) is 0 Å². The van der Waals surface area contributed by atoms with Gasteiger partial charge in [-0.05, 0) is 65.3 Å². The maximum Gasteiger partial charge on any atom is 0.252 e. The Morgan fingerprint density at radius 1 is 1.08 bits per heavy atom. The SMILES string of the molecule is CCCC(c1nnnn1Cc1ccccc1)N(Cc1cc2ccc(C)cc2[nH]c1=O)C1CCCCC1. The number of hydrogen-bond donors (Lipinski definition) is 1. The first-order valence-corrected chi connectivity index (χ1v) is 13.3. The van der Waals surface area contributed by atoms with E-state index >= 15 is 0 Å².